The van der Waals surface area contributed by atoms with Gasteiger partial charge in [-0.1, -0.05) is 17.7 Å². The number of carboxylic acid groups (broad SMARTS) is 1. The molecule has 0 aromatic heterocycles. The molecule has 1 unspecified atom stereocenters. The van der Waals surface area contributed by atoms with Crippen molar-refractivity contribution in [2.75, 3.05) is 19.0 Å². The van der Waals surface area contributed by atoms with Gasteiger partial charge in [0.05, 0.1) is 6.54 Å². The number of carboxylic acids is 1. The van der Waals surface area contributed by atoms with Crippen molar-refractivity contribution in [2.45, 2.75) is 13.0 Å². The monoisotopic (exact) mass is 252 g/mol. The fourth-order valence-corrected chi connectivity index (χ4v) is 1.27. The number of rotatable bonds is 5. The average Bonchev–Trinajstić information content (AvgIpc) is 2.32. The van der Waals surface area contributed by atoms with Crippen LogP contribution in [0.3, 0.4) is 0 Å². The summed E-state index contributed by atoms with van der Waals surface area (Å²) in [6, 6.07) is 6.79. The van der Waals surface area contributed by atoms with Gasteiger partial charge in [0.25, 0.3) is 0 Å². The first-order chi connectivity index (χ1) is 8.52. The number of nitrogens with one attached hydrogen (secondary N) is 2. The van der Waals surface area contributed by atoms with Crippen molar-refractivity contribution >= 4 is 17.7 Å². The van der Waals surface area contributed by atoms with E-state index < -0.39 is 18.1 Å². The molecule has 1 atom stereocenters. The molecule has 98 valence electrons. The first-order valence-electron chi connectivity index (χ1n) is 5.40. The molecular weight excluding hydrogens is 236 g/mol. The maximum Gasteiger partial charge on any atom is 0.334 e. The topological polar surface area (TPSA) is 87.7 Å². The number of urea groups is 1. The number of ether oxygens (including phenoxy) is 1. The molecule has 0 aliphatic carbocycles. The number of aryl methyl sites for hydroxylation is 1. The highest BCUT2D eigenvalue weighted by Crippen LogP contribution is 2.07. The summed E-state index contributed by atoms with van der Waals surface area (Å²) < 4.78 is 4.69. The fourth-order valence-electron chi connectivity index (χ4n) is 1.27. The highest BCUT2D eigenvalue weighted by Gasteiger charge is 2.16. The normalized spacial score (nSPS) is 11.7. The van der Waals surface area contributed by atoms with Crippen LogP contribution in [-0.4, -0.2) is 36.9 Å². The number of carbonyl (C=O) groups excluding carboxylic acids is 1. The molecule has 0 fully saturated rings. The lowest BCUT2D eigenvalue weighted by atomic mass is 10.2. The molecule has 0 radical (unpaired) electrons. The van der Waals surface area contributed by atoms with Crippen LogP contribution in [0.15, 0.2) is 24.3 Å². The van der Waals surface area contributed by atoms with Gasteiger partial charge in [-0.05, 0) is 19.1 Å². The lowest BCUT2D eigenvalue weighted by molar-refractivity contribution is -0.147. The standard InChI is InChI=1S/C12H16N2O4/c1-8-3-5-9(6-4-8)14-12(17)13-7-10(18-2)11(15)16/h3-6,10H,7H2,1-2H3,(H,15,16)(H2,13,14,17). The average molecular weight is 252 g/mol. The van der Waals surface area contributed by atoms with Gasteiger partial charge in [0, 0.05) is 12.8 Å². The van der Waals surface area contributed by atoms with E-state index in [-0.39, 0.29) is 6.54 Å². The van der Waals surface area contributed by atoms with Gasteiger partial charge in [-0.3, -0.25) is 0 Å². The van der Waals surface area contributed by atoms with Crippen LogP contribution in [0, 0.1) is 6.92 Å². The van der Waals surface area contributed by atoms with Crippen molar-refractivity contribution in [3.63, 3.8) is 0 Å². The van der Waals surface area contributed by atoms with Gasteiger partial charge >= 0.3 is 12.0 Å². The zero-order valence-electron chi connectivity index (χ0n) is 10.3. The Labute approximate surface area is 105 Å². The predicted molar refractivity (Wildman–Crippen MR) is 66.6 cm³/mol. The quantitative estimate of drug-likeness (QED) is 0.735. The summed E-state index contributed by atoms with van der Waals surface area (Å²) in [5, 5.41) is 13.7. The molecule has 1 rings (SSSR count). The minimum atomic E-state index is -1.12. The van der Waals surface area contributed by atoms with E-state index in [1.165, 1.54) is 7.11 Å². The summed E-state index contributed by atoms with van der Waals surface area (Å²) in [4.78, 5) is 22.1. The smallest absolute Gasteiger partial charge is 0.334 e. The Morgan fingerprint density at radius 1 is 1.33 bits per heavy atom. The molecule has 3 N–H and O–H groups in total. The number of hydrogen-bond acceptors (Lipinski definition) is 3. The van der Waals surface area contributed by atoms with Crippen LogP contribution < -0.4 is 10.6 Å². The van der Waals surface area contributed by atoms with Crippen molar-refractivity contribution in [3.05, 3.63) is 29.8 Å². The summed E-state index contributed by atoms with van der Waals surface area (Å²) in [6.45, 7) is 1.85. The Morgan fingerprint density at radius 2 is 1.94 bits per heavy atom. The van der Waals surface area contributed by atoms with Crippen molar-refractivity contribution in [2.24, 2.45) is 0 Å². The number of anilines is 1. The van der Waals surface area contributed by atoms with Crippen LogP contribution in [0.5, 0.6) is 0 Å². The molecule has 1 aromatic rings. The number of carbonyl (C=O) groups is 2. The fraction of sp³-hybridized carbons (Fsp3) is 0.333. The highest BCUT2D eigenvalue weighted by molar-refractivity contribution is 5.89. The van der Waals surface area contributed by atoms with E-state index in [1.807, 2.05) is 19.1 Å². The molecular formula is C12H16N2O4. The second-order valence-electron chi connectivity index (χ2n) is 3.76. The van der Waals surface area contributed by atoms with Gasteiger partial charge in [-0.2, -0.15) is 0 Å². The molecule has 6 heteroatoms. The molecule has 0 spiro atoms. The minimum absolute atomic E-state index is 0.0937. The van der Waals surface area contributed by atoms with Gasteiger partial charge in [0.1, 0.15) is 0 Å². The van der Waals surface area contributed by atoms with Crippen molar-refractivity contribution in [3.8, 4) is 0 Å². The summed E-state index contributed by atoms with van der Waals surface area (Å²) in [5.74, 6) is -1.12. The van der Waals surface area contributed by atoms with E-state index in [0.29, 0.717) is 5.69 Å². The first kappa shape index (κ1) is 14.0. The molecule has 18 heavy (non-hydrogen) atoms. The number of benzene rings is 1. The molecule has 0 bridgehead atoms. The van der Waals surface area contributed by atoms with Gasteiger partial charge in [0.2, 0.25) is 0 Å². The lowest BCUT2D eigenvalue weighted by Gasteiger charge is -2.12. The van der Waals surface area contributed by atoms with Crippen molar-refractivity contribution < 1.29 is 19.4 Å². The third-order valence-electron chi connectivity index (χ3n) is 2.32. The molecule has 0 saturated heterocycles. The van der Waals surface area contributed by atoms with Crippen LogP contribution >= 0.6 is 0 Å². The molecule has 6 nitrogen and oxygen atoms in total. The van der Waals surface area contributed by atoms with Crippen LogP contribution in [0.4, 0.5) is 10.5 Å². The highest BCUT2D eigenvalue weighted by atomic mass is 16.5. The first-order valence-corrected chi connectivity index (χ1v) is 5.40. The van der Waals surface area contributed by atoms with Gasteiger partial charge in [-0.25, -0.2) is 9.59 Å². The molecule has 0 saturated carbocycles. The molecule has 0 aliphatic heterocycles. The Balaban J connectivity index is 2.42. The van der Waals surface area contributed by atoms with E-state index in [4.69, 9.17) is 5.11 Å². The second kappa shape index (κ2) is 6.61. The molecule has 1 aromatic carbocycles. The second-order valence-corrected chi connectivity index (χ2v) is 3.76. The van der Waals surface area contributed by atoms with Gasteiger partial charge in [-0.15, -0.1) is 0 Å². The Bertz CT molecular complexity index is 417. The zero-order chi connectivity index (χ0) is 13.5. The summed E-state index contributed by atoms with van der Waals surface area (Å²) in [7, 11) is 1.28. The number of aliphatic carboxylic acids is 1. The van der Waals surface area contributed by atoms with Gasteiger partial charge in [0.15, 0.2) is 6.10 Å². The largest absolute Gasteiger partial charge is 0.479 e. The number of hydrogen-bond donors (Lipinski definition) is 3. The number of amides is 2. The zero-order valence-corrected chi connectivity index (χ0v) is 10.3. The lowest BCUT2D eigenvalue weighted by Crippen LogP contribution is -2.39. The Kier molecular flexibility index (Phi) is 5.13. The third-order valence-corrected chi connectivity index (χ3v) is 2.32. The van der Waals surface area contributed by atoms with E-state index in [9.17, 15) is 9.59 Å². The van der Waals surface area contributed by atoms with Gasteiger partial charge < -0.3 is 20.5 Å². The van der Waals surface area contributed by atoms with E-state index in [1.54, 1.807) is 12.1 Å². The summed E-state index contributed by atoms with van der Waals surface area (Å²) in [5.41, 5.74) is 1.73. The van der Waals surface area contributed by atoms with Crippen LogP contribution in [0.1, 0.15) is 5.56 Å². The minimum Gasteiger partial charge on any atom is -0.479 e. The Hall–Kier alpha value is -2.08. The molecule has 0 aliphatic rings. The predicted octanol–water partition coefficient (Wildman–Crippen LogP) is 1.22. The Morgan fingerprint density at radius 3 is 2.44 bits per heavy atom. The maximum atomic E-state index is 11.5. The van der Waals surface area contributed by atoms with Crippen LogP contribution in [0.25, 0.3) is 0 Å². The van der Waals surface area contributed by atoms with E-state index >= 15 is 0 Å². The van der Waals surface area contributed by atoms with Crippen LogP contribution in [-0.2, 0) is 9.53 Å². The van der Waals surface area contributed by atoms with Crippen molar-refractivity contribution in [1.82, 2.24) is 5.32 Å². The van der Waals surface area contributed by atoms with Crippen LogP contribution in [0.2, 0.25) is 0 Å². The summed E-state index contributed by atoms with van der Waals surface area (Å²) in [6.07, 6.45) is -1.05. The van der Waals surface area contributed by atoms with Crippen molar-refractivity contribution in [1.29, 1.82) is 0 Å². The molecule has 0 heterocycles. The number of methoxy groups -OCH3 is 1. The molecule has 2 amide bonds. The maximum absolute atomic E-state index is 11.5. The van der Waals surface area contributed by atoms with E-state index in [2.05, 4.69) is 15.4 Å². The third kappa shape index (κ3) is 4.42. The summed E-state index contributed by atoms with van der Waals surface area (Å²) >= 11 is 0. The van der Waals surface area contributed by atoms with E-state index in [0.717, 1.165) is 5.56 Å². The SMILES string of the molecule is COC(CNC(=O)Nc1ccc(C)cc1)C(=O)O.